The van der Waals surface area contributed by atoms with Crippen LogP contribution in [0.1, 0.15) is 348 Å². The van der Waals surface area contributed by atoms with E-state index in [0.29, 0.717) is 19.3 Å². The molecule has 6 heteroatoms. The quantitative estimate of drug-likeness (QED) is 0.0262. The van der Waals surface area contributed by atoms with Gasteiger partial charge in [-0.15, -0.1) is 0 Å². The average Bonchev–Trinajstić information content (AvgIpc) is 3.34. The highest BCUT2D eigenvalue weighted by molar-refractivity contribution is 5.71. The Bertz CT molecular complexity index is 1060. The third-order valence-corrected chi connectivity index (χ3v) is 14.0. The van der Waals surface area contributed by atoms with E-state index in [1.807, 2.05) is 0 Å². The van der Waals surface area contributed by atoms with Gasteiger partial charge in [0, 0.05) is 19.3 Å². The second-order valence-corrected chi connectivity index (χ2v) is 21.0. The van der Waals surface area contributed by atoms with Crippen molar-refractivity contribution in [2.75, 3.05) is 13.2 Å². The number of esters is 3. The van der Waals surface area contributed by atoms with Crippen molar-refractivity contribution in [3.8, 4) is 0 Å². The van der Waals surface area contributed by atoms with Crippen LogP contribution in [0.2, 0.25) is 0 Å². The van der Waals surface area contributed by atoms with Crippen LogP contribution in [0.5, 0.6) is 0 Å². The fraction of sp³-hybridized carbons (Fsp3) is 0.919. The van der Waals surface area contributed by atoms with Gasteiger partial charge in [0.05, 0.1) is 0 Å². The topological polar surface area (TPSA) is 78.9 Å². The van der Waals surface area contributed by atoms with Crippen molar-refractivity contribution in [3.05, 3.63) is 12.2 Å². The minimum Gasteiger partial charge on any atom is -0.462 e. The van der Waals surface area contributed by atoms with E-state index in [1.165, 1.54) is 238 Å². The smallest absolute Gasteiger partial charge is 0.306 e. The Morgan fingerprint density at radius 3 is 0.794 bits per heavy atom. The predicted molar refractivity (Wildman–Crippen MR) is 293 cm³/mol. The summed E-state index contributed by atoms with van der Waals surface area (Å²) < 4.78 is 16.8. The van der Waals surface area contributed by atoms with Crippen LogP contribution in [0, 0.1) is 0 Å². The Kier molecular flexibility index (Phi) is 56.2. The molecule has 0 aromatic carbocycles. The average molecular weight is 960 g/mol. The second-order valence-electron chi connectivity index (χ2n) is 21.0. The lowest BCUT2D eigenvalue weighted by Crippen LogP contribution is -2.30. The number of unbranched alkanes of at least 4 members (excludes halogenated alkanes) is 44. The molecular formula is C62H118O6. The molecule has 0 bridgehead atoms. The van der Waals surface area contributed by atoms with Crippen molar-refractivity contribution in [2.45, 2.75) is 354 Å². The van der Waals surface area contributed by atoms with Crippen LogP contribution < -0.4 is 0 Å². The molecule has 1 unspecified atom stereocenters. The summed E-state index contributed by atoms with van der Waals surface area (Å²) in [7, 11) is 0. The van der Waals surface area contributed by atoms with Crippen molar-refractivity contribution in [3.63, 3.8) is 0 Å². The fourth-order valence-electron chi connectivity index (χ4n) is 9.39. The summed E-state index contributed by atoms with van der Waals surface area (Å²) in [4.78, 5) is 38.0. The minimum absolute atomic E-state index is 0.0671. The van der Waals surface area contributed by atoms with Crippen LogP contribution >= 0.6 is 0 Å². The predicted octanol–water partition coefficient (Wildman–Crippen LogP) is 20.5. The van der Waals surface area contributed by atoms with Gasteiger partial charge in [0.2, 0.25) is 0 Å². The molecule has 0 aromatic heterocycles. The molecule has 0 aromatic rings. The lowest BCUT2D eigenvalue weighted by molar-refractivity contribution is -0.167. The largest absolute Gasteiger partial charge is 0.462 e. The molecule has 0 amide bonds. The van der Waals surface area contributed by atoms with Gasteiger partial charge >= 0.3 is 17.9 Å². The normalized spacial score (nSPS) is 12.0. The third-order valence-electron chi connectivity index (χ3n) is 14.0. The molecule has 68 heavy (non-hydrogen) atoms. The molecule has 0 radical (unpaired) electrons. The molecule has 0 aliphatic carbocycles. The molecule has 0 aliphatic rings. The van der Waals surface area contributed by atoms with Gasteiger partial charge in [-0.3, -0.25) is 14.4 Å². The lowest BCUT2D eigenvalue weighted by atomic mass is 10.0. The van der Waals surface area contributed by atoms with Crippen LogP contribution in [0.15, 0.2) is 12.2 Å². The molecular weight excluding hydrogens is 841 g/mol. The highest BCUT2D eigenvalue weighted by Crippen LogP contribution is 2.18. The zero-order chi connectivity index (χ0) is 49.3. The van der Waals surface area contributed by atoms with Gasteiger partial charge in [-0.2, -0.15) is 0 Å². The van der Waals surface area contributed by atoms with Gasteiger partial charge < -0.3 is 14.2 Å². The second kappa shape index (κ2) is 57.7. The van der Waals surface area contributed by atoms with Crippen molar-refractivity contribution in [1.82, 2.24) is 0 Å². The molecule has 0 heterocycles. The first-order valence-corrected chi connectivity index (χ1v) is 30.7. The first-order valence-electron chi connectivity index (χ1n) is 30.7. The molecule has 0 saturated heterocycles. The van der Waals surface area contributed by atoms with E-state index >= 15 is 0 Å². The number of hydrogen-bond acceptors (Lipinski definition) is 6. The van der Waals surface area contributed by atoms with E-state index in [4.69, 9.17) is 14.2 Å². The van der Waals surface area contributed by atoms with Gasteiger partial charge in [-0.05, 0) is 38.5 Å². The van der Waals surface area contributed by atoms with E-state index in [1.54, 1.807) is 0 Å². The molecule has 402 valence electrons. The summed E-state index contributed by atoms with van der Waals surface area (Å²) in [6.07, 6.45) is 66.8. The van der Waals surface area contributed by atoms with E-state index in [0.717, 1.165) is 70.6 Å². The van der Waals surface area contributed by atoms with Crippen LogP contribution in [0.25, 0.3) is 0 Å². The van der Waals surface area contributed by atoms with Crippen LogP contribution in [0.3, 0.4) is 0 Å². The molecule has 6 nitrogen and oxygen atoms in total. The molecule has 0 saturated carbocycles. The zero-order valence-electron chi connectivity index (χ0n) is 46.2. The number of carbonyl (C=O) groups excluding carboxylic acids is 3. The highest BCUT2D eigenvalue weighted by atomic mass is 16.6. The summed E-state index contributed by atoms with van der Waals surface area (Å²) in [5.41, 5.74) is 0. The maximum atomic E-state index is 12.8. The van der Waals surface area contributed by atoms with E-state index < -0.39 is 6.10 Å². The molecule has 0 fully saturated rings. The Labute approximate surface area is 424 Å². The minimum atomic E-state index is -0.766. The van der Waals surface area contributed by atoms with Crippen molar-refractivity contribution in [2.24, 2.45) is 0 Å². The van der Waals surface area contributed by atoms with Crippen LogP contribution in [-0.2, 0) is 28.6 Å². The zero-order valence-corrected chi connectivity index (χ0v) is 46.2. The maximum Gasteiger partial charge on any atom is 0.306 e. The van der Waals surface area contributed by atoms with E-state index in [2.05, 4.69) is 32.9 Å². The summed E-state index contributed by atoms with van der Waals surface area (Å²) in [6, 6.07) is 0. The molecule has 0 N–H and O–H groups in total. The number of rotatable bonds is 57. The Hall–Kier alpha value is -1.85. The Morgan fingerprint density at radius 1 is 0.279 bits per heavy atom. The SMILES string of the molecule is CCC/C=C\CCCCCCCC(=O)OCC(COC(=O)CCCCCCCCCCCCCCCCCCCCCCCCCCCCCCC)OC(=O)CCCCCCCCCCCCC. The number of ether oxygens (including phenoxy) is 3. The first kappa shape index (κ1) is 66.2. The summed E-state index contributed by atoms with van der Waals surface area (Å²) in [5.74, 6) is -0.858. The van der Waals surface area contributed by atoms with Gasteiger partial charge in [-0.25, -0.2) is 0 Å². The fourth-order valence-corrected chi connectivity index (χ4v) is 9.39. The summed E-state index contributed by atoms with van der Waals surface area (Å²) in [5, 5.41) is 0. The monoisotopic (exact) mass is 959 g/mol. The van der Waals surface area contributed by atoms with Crippen molar-refractivity contribution in [1.29, 1.82) is 0 Å². The van der Waals surface area contributed by atoms with E-state index in [9.17, 15) is 14.4 Å². The van der Waals surface area contributed by atoms with Crippen molar-refractivity contribution >= 4 is 17.9 Å². The molecule has 0 rings (SSSR count). The first-order chi connectivity index (χ1) is 33.5. The van der Waals surface area contributed by atoms with Gasteiger partial charge in [0.15, 0.2) is 6.10 Å². The Morgan fingerprint density at radius 2 is 0.515 bits per heavy atom. The number of hydrogen-bond donors (Lipinski definition) is 0. The van der Waals surface area contributed by atoms with Crippen LogP contribution in [0.4, 0.5) is 0 Å². The third kappa shape index (κ3) is 55.1. The molecule has 1 atom stereocenters. The lowest BCUT2D eigenvalue weighted by Gasteiger charge is -2.18. The maximum absolute atomic E-state index is 12.8. The molecule has 0 spiro atoms. The molecule has 0 aliphatic heterocycles. The van der Waals surface area contributed by atoms with Gasteiger partial charge in [0.25, 0.3) is 0 Å². The summed E-state index contributed by atoms with van der Waals surface area (Å²) >= 11 is 0. The van der Waals surface area contributed by atoms with E-state index in [-0.39, 0.29) is 31.1 Å². The standard InChI is InChI=1S/C62H118O6/c1-4-7-10-13-16-19-22-23-24-25-26-27-28-29-30-31-32-33-34-35-36-37-38-39-41-43-46-49-52-55-61(64)67-58-59(57-66-60(63)54-51-48-45-42-21-18-15-12-9-6-3)68-62(65)56-53-50-47-44-40-20-17-14-11-8-5-2/h12,15,59H,4-11,13-14,16-58H2,1-3H3/b15-12-. The van der Waals surface area contributed by atoms with Gasteiger partial charge in [-0.1, -0.05) is 303 Å². The van der Waals surface area contributed by atoms with Crippen LogP contribution in [-0.4, -0.2) is 37.2 Å². The summed E-state index contributed by atoms with van der Waals surface area (Å²) in [6.45, 7) is 6.62. The van der Waals surface area contributed by atoms with Gasteiger partial charge in [0.1, 0.15) is 13.2 Å². The number of carbonyl (C=O) groups is 3. The Balaban J connectivity index is 4.00. The highest BCUT2D eigenvalue weighted by Gasteiger charge is 2.19. The number of allylic oxidation sites excluding steroid dienone is 2. The van der Waals surface area contributed by atoms with Crippen molar-refractivity contribution < 1.29 is 28.6 Å².